The molecule has 0 radical (unpaired) electrons. The Labute approximate surface area is 168 Å². The molecule has 7 heteroatoms. The normalized spacial score (nSPS) is 18.3. The van der Waals surface area contributed by atoms with Crippen LogP contribution in [0.2, 0.25) is 0 Å². The first-order valence-electron chi connectivity index (χ1n) is 9.22. The smallest absolute Gasteiger partial charge is 0.291 e. The maximum Gasteiger partial charge on any atom is 0.291 e. The minimum atomic E-state index is -0.418. The molecule has 1 aromatic carbocycles. The van der Waals surface area contributed by atoms with Crippen molar-refractivity contribution in [2.75, 3.05) is 13.7 Å². The van der Waals surface area contributed by atoms with Gasteiger partial charge in [0, 0.05) is 24.1 Å². The summed E-state index contributed by atoms with van der Waals surface area (Å²) in [5, 5.41) is 10.7. The lowest BCUT2D eigenvalue weighted by Gasteiger charge is -2.13. The fraction of sp³-hybridized carbons (Fsp3) is 0.318. The van der Waals surface area contributed by atoms with Crippen LogP contribution in [0.25, 0.3) is 6.08 Å². The first kappa shape index (κ1) is 20.5. The van der Waals surface area contributed by atoms with Crippen molar-refractivity contribution in [3.05, 3.63) is 84.3 Å². The Bertz CT molecular complexity index is 1050. The van der Waals surface area contributed by atoms with E-state index < -0.39 is 4.92 Å². The number of nitro benzene ring substituents is 1. The van der Waals surface area contributed by atoms with Crippen LogP contribution in [0.3, 0.4) is 0 Å². The minimum absolute atomic E-state index is 0.0654. The molecule has 7 nitrogen and oxygen atoms in total. The van der Waals surface area contributed by atoms with Crippen molar-refractivity contribution in [3.8, 4) is 5.95 Å². The van der Waals surface area contributed by atoms with Crippen molar-refractivity contribution in [1.82, 2.24) is 0 Å². The van der Waals surface area contributed by atoms with Gasteiger partial charge >= 0.3 is 0 Å². The Morgan fingerprint density at radius 1 is 1.24 bits per heavy atom. The summed E-state index contributed by atoms with van der Waals surface area (Å²) in [6, 6.07) is 6.39. The summed E-state index contributed by atoms with van der Waals surface area (Å²) in [4.78, 5) is 22.7. The average molecular weight is 397 g/mol. The predicted molar refractivity (Wildman–Crippen MR) is 109 cm³/mol. The van der Waals surface area contributed by atoms with Crippen molar-refractivity contribution in [1.29, 1.82) is 0 Å². The largest absolute Gasteiger partial charge is 0.468 e. The Balaban J connectivity index is 1.78. The highest BCUT2D eigenvalue weighted by molar-refractivity contribution is 5.57. The van der Waals surface area contributed by atoms with Crippen molar-refractivity contribution < 1.29 is 18.8 Å². The van der Waals surface area contributed by atoms with Crippen LogP contribution >= 0.6 is 0 Å². The van der Waals surface area contributed by atoms with Crippen LogP contribution < -0.4 is 10.2 Å². The number of rotatable bonds is 5. The standard InChI is InChI=1S/C22H23NO6/c1-13(9-16-5-7-18(8-6-16)23(25)26)10-17-11-19(28-12-17)21-14(2)20(24)15(3)22(27-4)29-21/h5-10,19H,11-12H2,1-4H3/b13-9+,17-10?/t19-/m1/s1. The first-order valence-corrected chi connectivity index (χ1v) is 9.22. The number of nitro groups is 1. The quantitative estimate of drug-likeness (QED) is 0.538. The number of nitrogens with zero attached hydrogens (tertiary/aromatic N) is 1. The maximum absolute atomic E-state index is 12.4. The number of methoxy groups -OCH3 is 1. The van der Waals surface area contributed by atoms with E-state index in [0.717, 1.165) is 16.7 Å². The molecular formula is C22H23NO6. The molecule has 1 saturated heterocycles. The SMILES string of the molecule is COc1oc([C@H]2CC(=C/C(C)=C/c3ccc([N+](=O)[O-])cc3)CO2)c(C)c(=O)c1C. The molecule has 29 heavy (non-hydrogen) atoms. The van der Waals surface area contributed by atoms with E-state index in [2.05, 4.69) is 0 Å². The van der Waals surface area contributed by atoms with Crippen molar-refractivity contribution >= 4 is 11.8 Å². The summed E-state index contributed by atoms with van der Waals surface area (Å²) in [5.74, 6) is 0.712. The Hall–Kier alpha value is -3.19. The number of ether oxygens (including phenoxy) is 2. The van der Waals surface area contributed by atoms with Crippen LogP contribution in [0.5, 0.6) is 5.95 Å². The average Bonchev–Trinajstić information content (AvgIpc) is 3.14. The molecule has 1 aliphatic heterocycles. The highest BCUT2D eigenvalue weighted by Crippen LogP contribution is 2.35. The van der Waals surface area contributed by atoms with E-state index in [1.54, 1.807) is 26.0 Å². The van der Waals surface area contributed by atoms with Crippen molar-refractivity contribution in [2.24, 2.45) is 0 Å². The predicted octanol–water partition coefficient (Wildman–Crippen LogP) is 4.66. The fourth-order valence-electron chi connectivity index (χ4n) is 3.39. The summed E-state index contributed by atoms with van der Waals surface area (Å²) in [6.45, 7) is 5.81. The maximum atomic E-state index is 12.4. The Morgan fingerprint density at radius 2 is 1.93 bits per heavy atom. The molecule has 0 amide bonds. The van der Waals surface area contributed by atoms with Gasteiger partial charge in [-0.15, -0.1) is 0 Å². The molecule has 0 bridgehead atoms. The van der Waals surface area contributed by atoms with E-state index in [4.69, 9.17) is 13.9 Å². The van der Waals surface area contributed by atoms with E-state index in [-0.39, 0.29) is 23.2 Å². The second kappa shape index (κ2) is 8.45. The third-order valence-corrected chi connectivity index (χ3v) is 4.88. The van der Waals surface area contributed by atoms with Gasteiger partial charge in [0.05, 0.1) is 24.2 Å². The lowest BCUT2D eigenvalue weighted by Crippen LogP contribution is -2.15. The van der Waals surface area contributed by atoms with Gasteiger partial charge in [0.25, 0.3) is 11.6 Å². The molecule has 0 spiro atoms. The van der Waals surface area contributed by atoms with Crippen molar-refractivity contribution in [3.63, 3.8) is 0 Å². The van der Waals surface area contributed by atoms with E-state index in [1.165, 1.54) is 19.2 Å². The topological polar surface area (TPSA) is 91.8 Å². The Morgan fingerprint density at radius 3 is 2.55 bits per heavy atom. The molecule has 2 aromatic rings. The van der Waals surface area contributed by atoms with Crippen LogP contribution in [0.1, 0.15) is 41.9 Å². The highest BCUT2D eigenvalue weighted by atomic mass is 16.6. The molecule has 0 saturated carbocycles. The van der Waals surface area contributed by atoms with Gasteiger partial charge in [0.15, 0.2) is 5.43 Å². The van der Waals surface area contributed by atoms with E-state index in [1.807, 2.05) is 19.1 Å². The van der Waals surface area contributed by atoms with E-state index in [9.17, 15) is 14.9 Å². The molecule has 1 atom stereocenters. The van der Waals surface area contributed by atoms with Gasteiger partial charge in [-0.3, -0.25) is 14.9 Å². The van der Waals surface area contributed by atoms with Crippen LogP contribution in [-0.2, 0) is 4.74 Å². The molecule has 1 aliphatic rings. The van der Waals surface area contributed by atoms with Crippen LogP contribution in [0, 0.1) is 24.0 Å². The molecule has 1 aromatic heterocycles. The number of hydrogen-bond acceptors (Lipinski definition) is 6. The summed E-state index contributed by atoms with van der Waals surface area (Å²) in [6.07, 6.45) is 4.25. The number of benzene rings is 1. The number of hydrogen-bond donors (Lipinski definition) is 0. The van der Waals surface area contributed by atoms with Gasteiger partial charge in [0.1, 0.15) is 11.9 Å². The zero-order valence-electron chi connectivity index (χ0n) is 16.9. The molecule has 3 rings (SSSR count). The van der Waals surface area contributed by atoms with Gasteiger partial charge in [0.2, 0.25) is 0 Å². The summed E-state index contributed by atoms with van der Waals surface area (Å²) in [5.41, 5.74) is 3.90. The monoisotopic (exact) mass is 397 g/mol. The van der Waals surface area contributed by atoms with Crippen LogP contribution in [0.15, 0.2) is 50.7 Å². The first-order chi connectivity index (χ1) is 13.8. The third kappa shape index (κ3) is 4.46. The third-order valence-electron chi connectivity index (χ3n) is 4.88. The fourth-order valence-corrected chi connectivity index (χ4v) is 3.39. The zero-order chi connectivity index (χ0) is 21.1. The second-order valence-corrected chi connectivity index (χ2v) is 7.08. The van der Waals surface area contributed by atoms with Gasteiger partial charge < -0.3 is 13.9 Å². The summed E-state index contributed by atoms with van der Waals surface area (Å²) in [7, 11) is 1.47. The van der Waals surface area contributed by atoms with E-state index in [0.29, 0.717) is 29.9 Å². The van der Waals surface area contributed by atoms with Crippen LogP contribution in [-0.4, -0.2) is 18.6 Å². The molecule has 2 heterocycles. The summed E-state index contributed by atoms with van der Waals surface area (Å²) >= 11 is 0. The van der Waals surface area contributed by atoms with Crippen LogP contribution in [0.4, 0.5) is 5.69 Å². The van der Waals surface area contributed by atoms with Gasteiger partial charge in [-0.25, -0.2) is 0 Å². The van der Waals surface area contributed by atoms with Gasteiger partial charge in [-0.1, -0.05) is 17.7 Å². The molecule has 0 aliphatic carbocycles. The summed E-state index contributed by atoms with van der Waals surface area (Å²) < 4.78 is 16.8. The lowest BCUT2D eigenvalue weighted by atomic mass is 10.0. The number of allylic oxidation sites excluding steroid dienone is 2. The van der Waals surface area contributed by atoms with Gasteiger partial charge in [-0.05, 0) is 44.0 Å². The molecule has 0 unspecified atom stereocenters. The second-order valence-electron chi connectivity index (χ2n) is 7.08. The molecular weight excluding hydrogens is 374 g/mol. The lowest BCUT2D eigenvalue weighted by molar-refractivity contribution is -0.384. The molecule has 1 fully saturated rings. The van der Waals surface area contributed by atoms with Gasteiger partial charge in [-0.2, -0.15) is 0 Å². The number of non-ortho nitro benzene ring substituents is 1. The highest BCUT2D eigenvalue weighted by Gasteiger charge is 2.28. The van der Waals surface area contributed by atoms with Crippen molar-refractivity contribution in [2.45, 2.75) is 33.3 Å². The zero-order valence-corrected chi connectivity index (χ0v) is 16.9. The minimum Gasteiger partial charge on any atom is -0.468 e. The van der Waals surface area contributed by atoms with E-state index >= 15 is 0 Å². The molecule has 0 N–H and O–H groups in total. The molecule has 152 valence electrons. The Kier molecular flexibility index (Phi) is 5.98.